The maximum atomic E-state index is 10.5. The third-order valence-corrected chi connectivity index (χ3v) is 2.72. The monoisotopic (exact) mass is 255 g/mol. The van der Waals surface area contributed by atoms with E-state index in [9.17, 15) is 9.90 Å². The van der Waals surface area contributed by atoms with Crippen molar-refractivity contribution in [1.29, 1.82) is 0 Å². The second-order valence-corrected chi connectivity index (χ2v) is 4.14. The number of hydrogen-bond donors (Lipinski definition) is 2. The summed E-state index contributed by atoms with van der Waals surface area (Å²) in [4.78, 5) is 15.5. The van der Waals surface area contributed by atoms with E-state index in [4.69, 9.17) is 21.5 Å². The van der Waals surface area contributed by atoms with Gasteiger partial charge >= 0.3 is 5.97 Å². The largest absolute Gasteiger partial charge is 0.506 e. The van der Waals surface area contributed by atoms with Gasteiger partial charge in [-0.05, 0) is 18.2 Å². The minimum absolute atomic E-state index is 0.00276. The van der Waals surface area contributed by atoms with Crippen LogP contribution in [0.5, 0.6) is 5.75 Å². The number of oxime groups is 1. The molecule has 0 fully saturated rings. The zero-order chi connectivity index (χ0) is 12.4. The molecular formula is C11H10ClNO4. The highest BCUT2D eigenvalue weighted by molar-refractivity contribution is 6.32. The SMILES string of the molecule is O=C(O)CC1CC(c2ccc(O)c(Cl)c2)=NO1. The Morgan fingerprint density at radius 3 is 3.00 bits per heavy atom. The molecule has 0 bridgehead atoms. The average molecular weight is 256 g/mol. The Labute approximate surface area is 102 Å². The molecule has 0 amide bonds. The van der Waals surface area contributed by atoms with Gasteiger partial charge in [0.05, 0.1) is 17.2 Å². The summed E-state index contributed by atoms with van der Waals surface area (Å²) >= 11 is 5.77. The Bertz CT molecular complexity index is 486. The number of benzene rings is 1. The molecule has 0 saturated carbocycles. The van der Waals surface area contributed by atoms with Gasteiger partial charge in [-0.25, -0.2) is 0 Å². The lowest BCUT2D eigenvalue weighted by atomic mass is 10.0. The van der Waals surface area contributed by atoms with Crippen LogP contribution in [-0.2, 0) is 9.63 Å². The zero-order valence-electron chi connectivity index (χ0n) is 8.76. The number of carboxylic acid groups (broad SMARTS) is 1. The summed E-state index contributed by atoms with van der Waals surface area (Å²) in [5.74, 6) is -0.924. The molecule has 17 heavy (non-hydrogen) atoms. The first-order valence-electron chi connectivity index (χ1n) is 4.99. The van der Waals surface area contributed by atoms with Gasteiger partial charge in [-0.3, -0.25) is 4.79 Å². The average Bonchev–Trinajstić information content (AvgIpc) is 2.69. The Balaban J connectivity index is 2.09. The smallest absolute Gasteiger partial charge is 0.307 e. The lowest BCUT2D eigenvalue weighted by Crippen LogP contribution is -2.13. The number of halogens is 1. The van der Waals surface area contributed by atoms with Gasteiger partial charge < -0.3 is 15.1 Å². The summed E-state index contributed by atoms with van der Waals surface area (Å²) in [5.41, 5.74) is 1.36. The highest BCUT2D eigenvalue weighted by Crippen LogP contribution is 2.26. The van der Waals surface area contributed by atoms with E-state index in [2.05, 4.69) is 5.16 Å². The van der Waals surface area contributed by atoms with E-state index in [0.717, 1.165) is 5.56 Å². The first-order chi connectivity index (χ1) is 8.06. The van der Waals surface area contributed by atoms with Gasteiger partial charge in [0.25, 0.3) is 0 Å². The third kappa shape index (κ3) is 2.68. The molecule has 2 N–H and O–H groups in total. The molecule has 1 unspecified atom stereocenters. The van der Waals surface area contributed by atoms with E-state index < -0.39 is 12.1 Å². The van der Waals surface area contributed by atoms with E-state index in [1.54, 1.807) is 12.1 Å². The van der Waals surface area contributed by atoms with Gasteiger partial charge in [-0.1, -0.05) is 16.8 Å². The number of aliphatic carboxylic acids is 1. The fourth-order valence-electron chi connectivity index (χ4n) is 1.59. The lowest BCUT2D eigenvalue weighted by Gasteiger charge is -2.03. The first-order valence-corrected chi connectivity index (χ1v) is 5.37. The Morgan fingerprint density at radius 2 is 2.35 bits per heavy atom. The molecule has 1 aliphatic rings. The van der Waals surface area contributed by atoms with Crippen LogP contribution in [-0.4, -0.2) is 28.0 Å². The van der Waals surface area contributed by atoms with Crippen molar-refractivity contribution in [2.75, 3.05) is 0 Å². The summed E-state index contributed by atoms with van der Waals surface area (Å²) < 4.78 is 0. The van der Waals surface area contributed by atoms with E-state index in [1.807, 2.05) is 0 Å². The Hall–Kier alpha value is -1.75. The van der Waals surface area contributed by atoms with Crippen LogP contribution in [0, 0.1) is 0 Å². The van der Waals surface area contributed by atoms with Crippen LogP contribution in [0.25, 0.3) is 0 Å². The molecular weight excluding hydrogens is 246 g/mol. The van der Waals surface area contributed by atoms with E-state index in [-0.39, 0.29) is 17.2 Å². The fraction of sp³-hybridized carbons (Fsp3) is 0.273. The van der Waals surface area contributed by atoms with Crippen molar-refractivity contribution in [3.63, 3.8) is 0 Å². The van der Waals surface area contributed by atoms with Crippen molar-refractivity contribution in [1.82, 2.24) is 0 Å². The third-order valence-electron chi connectivity index (χ3n) is 2.42. The zero-order valence-corrected chi connectivity index (χ0v) is 9.52. The molecule has 5 nitrogen and oxygen atoms in total. The van der Waals surface area contributed by atoms with E-state index in [1.165, 1.54) is 6.07 Å². The summed E-state index contributed by atoms with van der Waals surface area (Å²) in [6, 6.07) is 4.69. The molecule has 0 radical (unpaired) electrons. The minimum atomic E-state index is -0.921. The normalized spacial score (nSPS) is 18.6. The molecule has 1 aliphatic heterocycles. The van der Waals surface area contributed by atoms with Gasteiger partial charge in [0.1, 0.15) is 11.9 Å². The summed E-state index contributed by atoms with van der Waals surface area (Å²) in [5, 5.41) is 22.0. The van der Waals surface area contributed by atoms with Crippen molar-refractivity contribution in [2.24, 2.45) is 5.16 Å². The number of rotatable bonds is 3. The molecule has 1 atom stereocenters. The topological polar surface area (TPSA) is 79.1 Å². The highest BCUT2D eigenvalue weighted by Gasteiger charge is 2.24. The first kappa shape index (κ1) is 11.7. The van der Waals surface area contributed by atoms with Crippen molar-refractivity contribution < 1.29 is 19.8 Å². The van der Waals surface area contributed by atoms with E-state index in [0.29, 0.717) is 12.1 Å². The van der Waals surface area contributed by atoms with Gasteiger partial charge in [0, 0.05) is 12.0 Å². The van der Waals surface area contributed by atoms with Gasteiger partial charge in [0.2, 0.25) is 0 Å². The molecule has 0 spiro atoms. The van der Waals surface area contributed by atoms with Crippen molar-refractivity contribution in [3.05, 3.63) is 28.8 Å². The lowest BCUT2D eigenvalue weighted by molar-refractivity contribution is -0.139. The minimum Gasteiger partial charge on any atom is -0.506 e. The molecule has 0 saturated heterocycles. The number of aromatic hydroxyl groups is 1. The Morgan fingerprint density at radius 1 is 1.59 bits per heavy atom. The number of phenolic OH excluding ortho intramolecular Hbond substituents is 1. The van der Waals surface area contributed by atoms with Crippen LogP contribution in [0.15, 0.2) is 23.4 Å². The van der Waals surface area contributed by atoms with Crippen LogP contribution < -0.4 is 0 Å². The number of phenols is 1. The van der Waals surface area contributed by atoms with Crippen LogP contribution in [0.2, 0.25) is 5.02 Å². The highest BCUT2D eigenvalue weighted by atomic mass is 35.5. The molecule has 6 heteroatoms. The molecule has 0 aromatic heterocycles. The summed E-state index contributed by atoms with van der Waals surface area (Å²) in [6.45, 7) is 0. The second-order valence-electron chi connectivity index (χ2n) is 3.73. The summed E-state index contributed by atoms with van der Waals surface area (Å²) in [6.07, 6.45) is -0.0956. The summed E-state index contributed by atoms with van der Waals surface area (Å²) in [7, 11) is 0. The van der Waals surface area contributed by atoms with Crippen LogP contribution in [0.3, 0.4) is 0 Å². The number of nitrogens with zero attached hydrogens (tertiary/aromatic N) is 1. The number of hydrogen-bond acceptors (Lipinski definition) is 4. The van der Waals surface area contributed by atoms with Crippen molar-refractivity contribution in [3.8, 4) is 5.75 Å². The predicted octanol–water partition coefficient (Wildman–Crippen LogP) is 2.01. The number of carbonyl (C=O) groups is 1. The van der Waals surface area contributed by atoms with Crippen LogP contribution in [0.1, 0.15) is 18.4 Å². The fourth-order valence-corrected chi connectivity index (χ4v) is 1.77. The molecule has 90 valence electrons. The van der Waals surface area contributed by atoms with Crippen molar-refractivity contribution >= 4 is 23.3 Å². The second kappa shape index (κ2) is 4.63. The molecule has 2 rings (SSSR count). The van der Waals surface area contributed by atoms with Gasteiger partial charge in [-0.2, -0.15) is 0 Å². The van der Waals surface area contributed by atoms with Gasteiger partial charge in [-0.15, -0.1) is 0 Å². The van der Waals surface area contributed by atoms with Crippen molar-refractivity contribution in [2.45, 2.75) is 18.9 Å². The maximum absolute atomic E-state index is 10.5. The standard InChI is InChI=1S/C11H10ClNO4/c12-8-3-6(1-2-10(8)14)9-4-7(17-13-9)5-11(15)16/h1-3,7,14H,4-5H2,(H,15,16). The molecule has 1 heterocycles. The molecule has 1 aromatic carbocycles. The number of carboxylic acids is 1. The molecule has 0 aliphatic carbocycles. The molecule has 1 aromatic rings. The van der Waals surface area contributed by atoms with Crippen LogP contribution >= 0.6 is 11.6 Å². The predicted molar refractivity (Wildman–Crippen MR) is 61.4 cm³/mol. The maximum Gasteiger partial charge on any atom is 0.307 e. The van der Waals surface area contributed by atoms with E-state index >= 15 is 0 Å². The van der Waals surface area contributed by atoms with Crippen LogP contribution in [0.4, 0.5) is 0 Å². The quantitative estimate of drug-likeness (QED) is 0.866. The Kier molecular flexibility index (Phi) is 3.19. The van der Waals surface area contributed by atoms with Gasteiger partial charge in [0.15, 0.2) is 0 Å².